The fourth-order valence-corrected chi connectivity index (χ4v) is 4.00. The topological polar surface area (TPSA) is 99.6 Å². The van der Waals surface area contributed by atoms with Crippen LogP contribution in [0.2, 0.25) is 0 Å². The van der Waals surface area contributed by atoms with Crippen molar-refractivity contribution in [2.75, 3.05) is 12.7 Å². The van der Waals surface area contributed by atoms with E-state index in [4.69, 9.17) is 25.8 Å². The van der Waals surface area contributed by atoms with Crippen LogP contribution in [-0.2, 0) is 19.0 Å². The Kier molecular flexibility index (Phi) is 12.1. The largest absolute Gasteiger partial charge is 0.459 e. The first-order valence-electron chi connectivity index (χ1n) is 11.8. The van der Waals surface area contributed by atoms with Gasteiger partial charge >= 0.3 is 11.7 Å². The number of carbonyl (C=O) groups is 1. The van der Waals surface area contributed by atoms with E-state index < -0.39 is 29.7 Å². The van der Waals surface area contributed by atoms with E-state index in [1.165, 1.54) is 49.3 Å². The van der Waals surface area contributed by atoms with Crippen molar-refractivity contribution in [3.05, 3.63) is 32.6 Å². The molecule has 0 bridgehead atoms. The second-order valence-electron chi connectivity index (χ2n) is 8.43. The van der Waals surface area contributed by atoms with Crippen LogP contribution in [0.5, 0.6) is 0 Å². The summed E-state index contributed by atoms with van der Waals surface area (Å²) in [6.45, 7) is 3.97. The second-order valence-corrected chi connectivity index (χ2v) is 8.65. The number of nitrogens with one attached hydrogen (secondary N) is 1. The molecule has 3 atom stereocenters. The van der Waals surface area contributed by atoms with Gasteiger partial charge < -0.3 is 14.2 Å². The Labute approximate surface area is 194 Å². The van der Waals surface area contributed by atoms with Gasteiger partial charge in [0.2, 0.25) is 0 Å². The maximum atomic E-state index is 12.4. The molecule has 1 fully saturated rings. The van der Waals surface area contributed by atoms with Gasteiger partial charge in [-0.3, -0.25) is 19.1 Å². The Morgan fingerprint density at radius 3 is 2.47 bits per heavy atom. The summed E-state index contributed by atoms with van der Waals surface area (Å²) in [4.78, 5) is 38.5. The molecule has 182 valence electrons. The van der Waals surface area contributed by atoms with Crippen molar-refractivity contribution < 1.29 is 19.0 Å². The Balaban J connectivity index is 1.81. The molecule has 1 saturated heterocycles. The highest BCUT2D eigenvalue weighted by molar-refractivity contribution is 6.17. The molecule has 2 rings (SSSR count). The molecule has 8 nitrogen and oxygen atoms in total. The molecule has 0 unspecified atom stereocenters. The summed E-state index contributed by atoms with van der Waals surface area (Å²) in [6, 6.07) is -0.0125. The third-order valence-corrected chi connectivity index (χ3v) is 5.92. The lowest BCUT2D eigenvalue weighted by atomic mass is 10.1. The molecule has 2 heterocycles. The number of aromatic nitrogens is 2. The second kappa shape index (κ2) is 14.5. The minimum atomic E-state index is -0.660. The highest BCUT2D eigenvalue weighted by atomic mass is 35.5. The zero-order valence-corrected chi connectivity index (χ0v) is 20.0. The van der Waals surface area contributed by atoms with Crippen LogP contribution in [-0.4, -0.2) is 40.4 Å². The zero-order chi connectivity index (χ0) is 23.3. The van der Waals surface area contributed by atoms with Crippen LogP contribution in [0.25, 0.3) is 0 Å². The molecule has 1 aromatic heterocycles. The van der Waals surface area contributed by atoms with E-state index in [1.54, 1.807) is 6.92 Å². The molecule has 9 heteroatoms. The molecule has 0 saturated carbocycles. The first-order chi connectivity index (χ1) is 15.5. The summed E-state index contributed by atoms with van der Waals surface area (Å²) in [5.41, 5.74) is -0.605. The van der Waals surface area contributed by atoms with Crippen LogP contribution < -0.4 is 11.2 Å². The lowest BCUT2D eigenvalue weighted by Crippen LogP contribution is -2.33. The third kappa shape index (κ3) is 8.71. The number of carbonyl (C=O) groups excluding carboxylic acids is 1. The van der Waals surface area contributed by atoms with Gasteiger partial charge in [0.15, 0.2) is 0 Å². The van der Waals surface area contributed by atoms with Crippen LogP contribution in [0.15, 0.2) is 15.8 Å². The Hall–Kier alpha value is -1.64. The molecular weight excluding hydrogens is 436 g/mol. The predicted molar refractivity (Wildman–Crippen MR) is 123 cm³/mol. The number of ether oxygens (including phenoxy) is 3. The van der Waals surface area contributed by atoms with Crippen molar-refractivity contribution in [2.24, 2.45) is 0 Å². The summed E-state index contributed by atoms with van der Waals surface area (Å²) in [5, 5.41) is 0. The van der Waals surface area contributed by atoms with Crippen molar-refractivity contribution in [1.82, 2.24) is 9.55 Å². The summed E-state index contributed by atoms with van der Waals surface area (Å²) in [5.74, 6) is -0.275. The predicted octanol–water partition coefficient (Wildman–Crippen LogP) is 4.18. The summed E-state index contributed by atoms with van der Waals surface area (Å²) in [7, 11) is 0. The Morgan fingerprint density at radius 2 is 1.81 bits per heavy atom. The van der Waals surface area contributed by atoms with Gasteiger partial charge in [-0.05, 0) is 13.3 Å². The molecular formula is C23H37ClN2O6. The number of hydrogen-bond acceptors (Lipinski definition) is 6. The Bertz CT molecular complexity index is 808. The molecule has 32 heavy (non-hydrogen) atoms. The average Bonchev–Trinajstić information content (AvgIpc) is 3.15. The molecule has 1 aliphatic heterocycles. The number of unbranched alkanes of at least 4 members (excludes halogenated alkanes) is 8. The smallest absolute Gasteiger partial charge is 0.330 e. The SMILES string of the molecule is CCCCCCCCCCCC(=O)O[C@H]1C[C@H](n2cc(C)c(=O)[nH]c2=O)O[C@@H]1COCCl. The summed E-state index contributed by atoms with van der Waals surface area (Å²) in [6.07, 6.45) is 11.0. The van der Waals surface area contributed by atoms with E-state index >= 15 is 0 Å². The normalized spacial score (nSPS) is 20.5. The van der Waals surface area contributed by atoms with Gasteiger partial charge in [0.25, 0.3) is 5.56 Å². The molecule has 0 spiro atoms. The van der Waals surface area contributed by atoms with Crippen molar-refractivity contribution >= 4 is 17.6 Å². The maximum absolute atomic E-state index is 12.4. The van der Waals surface area contributed by atoms with E-state index in [0.717, 1.165) is 19.3 Å². The first-order valence-corrected chi connectivity index (χ1v) is 12.3. The van der Waals surface area contributed by atoms with Crippen LogP contribution in [0, 0.1) is 6.92 Å². The minimum Gasteiger partial charge on any atom is -0.459 e. The number of alkyl halides is 1. The number of esters is 1. The molecule has 1 aromatic rings. The minimum absolute atomic E-state index is 0.0125. The number of halogens is 1. The van der Waals surface area contributed by atoms with Crippen molar-refractivity contribution in [2.45, 2.75) is 103 Å². The molecule has 0 amide bonds. The van der Waals surface area contributed by atoms with Gasteiger partial charge in [-0.2, -0.15) is 0 Å². The molecule has 1 aliphatic rings. The number of H-pyrrole nitrogens is 1. The van der Waals surface area contributed by atoms with Gasteiger partial charge in [-0.15, -0.1) is 0 Å². The van der Waals surface area contributed by atoms with E-state index in [1.807, 2.05) is 0 Å². The standard InChI is InChI=1S/C23H37ClN2O6/c1-3-4-5-6-7-8-9-10-11-12-21(27)32-18-13-20(31-19(18)15-30-16-24)26-14-17(2)22(28)25-23(26)29/h14,18-20H,3-13,15-16H2,1-2H3,(H,25,28,29)/t18-,19+,20+/m0/s1. The number of rotatable bonds is 15. The number of nitrogens with zero attached hydrogens (tertiary/aromatic N) is 1. The van der Waals surface area contributed by atoms with Crippen molar-refractivity contribution in [1.29, 1.82) is 0 Å². The van der Waals surface area contributed by atoms with Crippen LogP contribution in [0.4, 0.5) is 0 Å². The lowest BCUT2D eigenvalue weighted by molar-refractivity contribution is -0.153. The molecule has 1 N–H and O–H groups in total. The zero-order valence-electron chi connectivity index (χ0n) is 19.3. The first kappa shape index (κ1) is 26.6. The molecule has 0 aliphatic carbocycles. The van der Waals surface area contributed by atoms with Gasteiger partial charge in [-0.25, -0.2) is 4.79 Å². The number of aryl methyl sites for hydroxylation is 1. The van der Waals surface area contributed by atoms with Crippen LogP contribution in [0.1, 0.15) is 89.3 Å². The van der Waals surface area contributed by atoms with Gasteiger partial charge in [-0.1, -0.05) is 69.9 Å². The van der Waals surface area contributed by atoms with Gasteiger partial charge in [0.05, 0.1) is 6.61 Å². The maximum Gasteiger partial charge on any atom is 0.330 e. The highest BCUT2D eigenvalue weighted by Gasteiger charge is 2.39. The average molecular weight is 473 g/mol. The summed E-state index contributed by atoms with van der Waals surface area (Å²) < 4.78 is 18.2. The quantitative estimate of drug-likeness (QED) is 0.233. The summed E-state index contributed by atoms with van der Waals surface area (Å²) >= 11 is 5.62. The number of aromatic amines is 1. The van der Waals surface area contributed by atoms with Crippen molar-refractivity contribution in [3.63, 3.8) is 0 Å². The Morgan fingerprint density at radius 1 is 1.16 bits per heavy atom. The van der Waals surface area contributed by atoms with E-state index in [9.17, 15) is 14.4 Å². The third-order valence-electron chi connectivity index (χ3n) is 5.76. The molecule has 0 radical (unpaired) electrons. The van der Waals surface area contributed by atoms with Crippen molar-refractivity contribution in [3.8, 4) is 0 Å². The van der Waals surface area contributed by atoms with E-state index in [2.05, 4.69) is 11.9 Å². The number of hydrogen-bond donors (Lipinski definition) is 1. The van der Waals surface area contributed by atoms with E-state index in [0.29, 0.717) is 18.4 Å². The monoisotopic (exact) mass is 472 g/mol. The highest BCUT2D eigenvalue weighted by Crippen LogP contribution is 2.30. The fourth-order valence-electron chi connectivity index (χ4n) is 3.91. The molecule has 0 aromatic carbocycles. The lowest BCUT2D eigenvalue weighted by Gasteiger charge is -2.18. The van der Waals surface area contributed by atoms with E-state index in [-0.39, 0.29) is 18.6 Å². The van der Waals surface area contributed by atoms with Gasteiger partial charge in [0.1, 0.15) is 24.5 Å². The van der Waals surface area contributed by atoms with Crippen LogP contribution >= 0.6 is 11.6 Å². The van der Waals surface area contributed by atoms with Crippen LogP contribution in [0.3, 0.4) is 0 Å². The fraction of sp³-hybridized carbons (Fsp3) is 0.783. The van der Waals surface area contributed by atoms with Gasteiger partial charge in [0, 0.05) is 24.6 Å².